The van der Waals surface area contributed by atoms with Crippen LogP contribution in [0.25, 0.3) is 0 Å². The van der Waals surface area contributed by atoms with Gasteiger partial charge < -0.3 is 15.2 Å². The van der Waals surface area contributed by atoms with E-state index in [-0.39, 0.29) is 11.7 Å². The fourth-order valence-electron chi connectivity index (χ4n) is 2.98. The lowest BCUT2D eigenvalue weighted by atomic mass is 9.91. The molecule has 2 fully saturated rings. The van der Waals surface area contributed by atoms with E-state index in [1.165, 1.54) is 5.75 Å². The first-order valence-corrected chi connectivity index (χ1v) is 8.41. The predicted molar refractivity (Wildman–Crippen MR) is 81.1 cm³/mol. The highest BCUT2D eigenvalue weighted by molar-refractivity contribution is 7.99. The minimum absolute atomic E-state index is 0.0502. The van der Waals surface area contributed by atoms with E-state index in [9.17, 15) is 0 Å². The van der Waals surface area contributed by atoms with Gasteiger partial charge in [0.15, 0.2) is 0 Å². The maximum Gasteiger partial charge on any atom is 0.142 e. The molecule has 0 aliphatic carbocycles. The summed E-state index contributed by atoms with van der Waals surface area (Å²) in [5.41, 5.74) is 7.65. The van der Waals surface area contributed by atoms with E-state index in [1.54, 1.807) is 0 Å². The van der Waals surface area contributed by atoms with Crippen molar-refractivity contribution in [1.82, 2.24) is 4.98 Å². The zero-order valence-electron chi connectivity index (χ0n) is 11.9. The second-order valence-corrected chi connectivity index (χ2v) is 6.77. The second-order valence-electron chi connectivity index (χ2n) is 5.67. The largest absolute Gasteiger partial charge is 0.488 e. The Balaban J connectivity index is 1.71. The first-order chi connectivity index (χ1) is 9.71. The van der Waals surface area contributed by atoms with Crippen LogP contribution in [0.5, 0.6) is 5.75 Å². The second kappa shape index (κ2) is 5.92. The predicted octanol–water partition coefficient (Wildman–Crippen LogP) is 2.28. The Hall–Kier alpha value is -0.780. The molecule has 2 unspecified atom stereocenters. The number of hydrogen-bond acceptors (Lipinski definition) is 5. The van der Waals surface area contributed by atoms with Gasteiger partial charge in [-0.1, -0.05) is 0 Å². The van der Waals surface area contributed by atoms with Crippen molar-refractivity contribution in [3.05, 3.63) is 23.5 Å². The zero-order chi connectivity index (χ0) is 14.0. The molecular weight excluding hydrogens is 272 g/mol. The molecule has 1 aromatic rings. The lowest BCUT2D eigenvalue weighted by Gasteiger charge is -2.37. The van der Waals surface area contributed by atoms with E-state index < -0.39 is 0 Å². The molecule has 110 valence electrons. The number of nitrogens with zero attached hydrogens (tertiary/aromatic N) is 1. The topological polar surface area (TPSA) is 57.4 Å². The Morgan fingerprint density at radius 1 is 1.55 bits per heavy atom. The molecule has 4 nitrogen and oxygen atoms in total. The average Bonchev–Trinajstić information content (AvgIpc) is 2.89. The summed E-state index contributed by atoms with van der Waals surface area (Å²) in [7, 11) is 0. The van der Waals surface area contributed by atoms with Gasteiger partial charge in [-0.05, 0) is 31.2 Å². The molecule has 0 amide bonds. The van der Waals surface area contributed by atoms with Gasteiger partial charge in [0.05, 0.1) is 17.9 Å². The van der Waals surface area contributed by atoms with Crippen molar-refractivity contribution in [3.63, 3.8) is 0 Å². The maximum absolute atomic E-state index is 6.19. The third-order valence-electron chi connectivity index (χ3n) is 4.07. The molecule has 1 aromatic heterocycles. The molecule has 1 spiro atoms. The summed E-state index contributed by atoms with van der Waals surface area (Å²) in [5, 5.41) is 0. The van der Waals surface area contributed by atoms with Crippen LogP contribution in [-0.4, -0.2) is 34.8 Å². The normalized spacial score (nSPS) is 29.8. The van der Waals surface area contributed by atoms with Crippen molar-refractivity contribution in [2.45, 2.75) is 44.4 Å². The third kappa shape index (κ3) is 2.95. The molecule has 0 radical (unpaired) electrons. The van der Waals surface area contributed by atoms with Gasteiger partial charge in [-0.2, -0.15) is 11.8 Å². The molecule has 5 heteroatoms. The number of pyridine rings is 1. The minimum Gasteiger partial charge on any atom is -0.488 e. The molecule has 2 atom stereocenters. The molecule has 3 heterocycles. The molecular formula is C15H22N2O2S. The van der Waals surface area contributed by atoms with Crippen LogP contribution in [0.15, 0.2) is 12.1 Å². The van der Waals surface area contributed by atoms with Gasteiger partial charge in [-0.3, -0.25) is 4.98 Å². The van der Waals surface area contributed by atoms with Crippen LogP contribution in [-0.2, 0) is 11.3 Å². The molecule has 0 saturated carbocycles. The maximum atomic E-state index is 6.19. The molecule has 3 rings (SSSR count). The highest BCUT2D eigenvalue weighted by Crippen LogP contribution is 2.39. The Morgan fingerprint density at radius 3 is 3.20 bits per heavy atom. The fraction of sp³-hybridized carbons (Fsp3) is 0.667. The minimum atomic E-state index is 0.0502. The zero-order valence-corrected chi connectivity index (χ0v) is 12.7. The molecule has 0 aromatic carbocycles. The lowest BCUT2D eigenvalue weighted by molar-refractivity contribution is -0.0960. The van der Waals surface area contributed by atoms with Gasteiger partial charge in [0, 0.05) is 30.8 Å². The number of hydrogen-bond donors (Lipinski definition) is 1. The van der Waals surface area contributed by atoms with Crippen LogP contribution >= 0.6 is 11.8 Å². The van der Waals surface area contributed by atoms with Gasteiger partial charge in [0.25, 0.3) is 0 Å². The van der Waals surface area contributed by atoms with Crippen molar-refractivity contribution < 1.29 is 9.47 Å². The lowest BCUT2D eigenvalue weighted by Crippen LogP contribution is -2.44. The number of nitrogens with two attached hydrogens (primary N) is 1. The van der Waals surface area contributed by atoms with Crippen LogP contribution < -0.4 is 10.5 Å². The fourth-order valence-corrected chi connectivity index (χ4v) is 4.36. The number of aryl methyl sites for hydroxylation is 1. The number of rotatable bonds is 3. The van der Waals surface area contributed by atoms with Crippen molar-refractivity contribution in [3.8, 4) is 5.75 Å². The van der Waals surface area contributed by atoms with Crippen LogP contribution in [0.4, 0.5) is 0 Å². The first-order valence-electron chi connectivity index (χ1n) is 7.26. The van der Waals surface area contributed by atoms with Crippen molar-refractivity contribution in [2.24, 2.45) is 5.73 Å². The smallest absolute Gasteiger partial charge is 0.142 e. The van der Waals surface area contributed by atoms with E-state index in [0.29, 0.717) is 6.54 Å². The monoisotopic (exact) mass is 294 g/mol. The third-order valence-corrected chi connectivity index (χ3v) is 5.30. The van der Waals surface area contributed by atoms with Gasteiger partial charge in [-0.25, -0.2) is 0 Å². The van der Waals surface area contributed by atoms with Crippen LogP contribution in [0, 0.1) is 6.92 Å². The Morgan fingerprint density at radius 2 is 2.45 bits per heavy atom. The highest BCUT2D eigenvalue weighted by atomic mass is 32.2. The molecule has 2 N–H and O–H groups in total. The van der Waals surface area contributed by atoms with Crippen molar-refractivity contribution >= 4 is 11.8 Å². The summed E-state index contributed by atoms with van der Waals surface area (Å²) >= 11 is 1.98. The van der Waals surface area contributed by atoms with E-state index in [1.807, 2.05) is 30.8 Å². The van der Waals surface area contributed by atoms with Gasteiger partial charge >= 0.3 is 0 Å². The summed E-state index contributed by atoms with van der Waals surface area (Å²) in [6.07, 6.45) is 3.30. The van der Waals surface area contributed by atoms with Gasteiger partial charge in [0.2, 0.25) is 0 Å². The summed E-state index contributed by atoms with van der Waals surface area (Å²) in [4.78, 5) is 4.46. The van der Waals surface area contributed by atoms with E-state index in [0.717, 1.165) is 48.8 Å². The highest BCUT2D eigenvalue weighted by Gasteiger charge is 2.41. The Bertz CT molecular complexity index is 475. The quantitative estimate of drug-likeness (QED) is 0.927. The van der Waals surface area contributed by atoms with Crippen LogP contribution in [0.1, 0.15) is 30.7 Å². The molecule has 20 heavy (non-hydrogen) atoms. The summed E-state index contributed by atoms with van der Waals surface area (Å²) < 4.78 is 12.2. The molecule has 2 aliphatic heterocycles. The summed E-state index contributed by atoms with van der Waals surface area (Å²) in [5.74, 6) is 3.14. The Labute approximate surface area is 124 Å². The summed E-state index contributed by atoms with van der Waals surface area (Å²) in [6, 6.07) is 3.98. The molecule has 0 bridgehead atoms. The number of ether oxygens (including phenoxy) is 2. The molecule has 2 saturated heterocycles. The SMILES string of the molecule is Cc1ccc(OC2CCOC3(CCSC3)C2)c(CN)n1. The first kappa shape index (κ1) is 14.2. The van der Waals surface area contributed by atoms with Crippen molar-refractivity contribution in [2.75, 3.05) is 18.1 Å². The molecule has 2 aliphatic rings. The van der Waals surface area contributed by atoms with Gasteiger partial charge in [-0.15, -0.1) is 0 Å². The number of thioether (sulfide) groups is 1. The van der Waals surface area contributed by atoms with Gasteiger partial charge in [0.1, 0.15) is 11.9 Å². The van der Waals surface area contributed by atoms with E-state index in [4.69, 9.17) is 15.2 Å². The van der Waals surface area contributed by atoms with E-state index >= 15 is 0 Å². The average molecular weight is 294 g/mol. The summed E-state index contributed by atoms with van der Waals surface area (Å²) in [6.45, 7) is 3.19. The van der Waals surface area contributed by atoms with Crippen LogP contribution in [0.3, 0.4) is 0 Å². The van der Waals surface area contributed by atoms with Crippen molar-refractivity contribution in [1.29, 1.82) is 0 Å². The Kier molecular flexibility index (Phi) is 4.19. The standard InChI is InChI=1S/C15H22N2O2S/c1-11-2-3-14(13(9-16)17-11)19-12-4-6-18-15(8-12)5-7-20-10-15/h2-3,12H,4-10,16H2,1H3. The number of aromatic nitrogens is 1. The van der Waals surface area contributed by atoms with Crippen LogP contribution in [0.2, 0.25) is 0 Å². The van der Waals surface area contributed by atoms with E-state index in [2.05, 4.69) is 4.98 Å².